The Morgan fingerprint density at radius 2 is 1.87 bits per heavy atom. The molecule has 31 heavy (non-hydrogen) atoms. The van der Waals surface area contributed by atoms with Gasteiger partial charge in [-0.15, -0.1) is 10.2 Å². The fourth-order valence-corrected chi connectivity index (χ4v) is 4.42. The number of nitrogens with zero attached hydrogens (tertiary/aromatic N) is 2. The summed E-state index contributed by atoms with van der Waals surface area (Å²) >= 11 is 0. The molecule has 0 radical (unpaired) electrons. The van der Waals surface area contributed by atoms with Crippen LogP contribution in [0.5, 0.6) is 5.75 Å². The molecular formula is C21H20F5N3O2. The smallest absolute Gasteiger partial charge is 0.416 e. The van der Waals surface area contributed by atoms with Gasteiger partial charge in [0.1, 0.15) is 11.4 Å². The Morgan fingerprint density at radius 1 is 1.10 bits per heavy atom. The van der Waals surface area contributed by atoms with Crippen molar-refractivity contribution in [2.24, 2.45) is 0 Å². The summed E-state index contributed by atoms with van der Waals surface area (Å²) in [5, 5.41) is 21.7. The zero-order chi connectivity index (χ0) is 22.0. The molecule has 166 valence electrons. The second-order valence-electron chi connectivity index (χ2n) is 8.67. The number of hydrogen-bond acceptors (Lipinski definition) is 5. The van der Waals surface area contributed by atoms with Crippen LogP contribution in [-0.2, 0) is 23.9 Å². The normalized spacial score (nSPS) is 23.6. The Balaban J connectivity index is 1.53. The maximum Gasteiger partial charge on any atom is 0.416 e. The number of hydrogen-bond donors (Lipinski definition) is 2. The lowest BCUT2D eigenvalue weighted by Crippen LogP contribution is -2.28. The van der Waals surface area contributed by atoms with E-state index in [2.05, 4.69) is 15.5 Å². The number of benzene rings is 1. The molecule has 2 saturated carbocycles. The molecule has 0 saturated heterocycles. The Morgan fingerprint density at radius 3 is 2.48 bits per heavy atom. The van der Waals surface area contributed by atoms with E-state index in [-0.39, 0.29) is 36.3 Å². The Hall–Kier alpha value is -2.49. The molecule has 2 aliphatic carbocycles. The molecule has 1 atom stereocenters. The average Bonchev–Trinajstić information content (AvgIpc) is 3.34. The molecule has 1 spiro atoms. The molecule has 3 aliphatic rings. The number of ether oxygens (including phenoxy) is 1. The van der Waals surface area contributed by atoms with Crippen molar-refractivity contribution in [3.8, 4) is 17.0 Å². The van der Waals surface area contributed by atoms with Crippen LogP contribution >= 0.6 is 0 Å². The van der Waals surface area contributed by atoms with Gasteiger partial charge in [-0.1, -0.05) is 0 Å². The molecule has 0 unspecified atom stereocenters. The fraction of sp³-hybridized carbons (Fsp3) is 0.524. The van der Waals surface area contributed by atoms with Gasteiger partial charge < -0.3 is 15.2 Å². The molecule has 0 amide bonds. The molecule has 2 aromatic rings. The van der Waals surface area contributed by atoms with Crippen LogP contribution in [0.2, 0.25) is 0 Å². The molecule has 1 aromatic heterocycles. The first-order valence-corrected chi connectivity index (χ1v) is 10.1. The van der Waals surface area contributed by atoms with Crippen LogP contribution in [0.3, 0.4) is 0 Å². The number of anilines is 1. The van der Waals surface area contributed by atoms with Crippen molar-refractivity contribution in [1.29, 1.82) is 0 Å². The lowest BCUT2D eigenvalue weighted by Gasteiger charge is -2.29. The fourth-order valence-electron chi connectivity index (χ4n) is 4.42. The van der Waals surface area contributed by atoms with Crippen molar-refractivity contribution in [2.75, 3.05) is 5.32 Å². The van der Waals surface area contributed by atoms with Crippen molar-refractivity contribution < 1.29 is 31.8 Å². The van der Waals surface area contributed by atoms with Crippen LogP contribution in [-0.4, -0.2) is 32.9 Å². The third kappa shape index (κ3) is 3.81. The number of phenolic OH excluding ortho intramolecular Hbond substituents is 1. The first kappa shape index (κ1) is 20.4. The zero-order valence-corrected chi connectivity index (χ0v) is 16.4. The number of aromatic nitrogens is 2. The number of aromatic hydroxyl groups is 1. The highest BCUT2D eigenvalue weighted by Crippen LogP contribution is 2.50. The quantitative estimate of drug-likeness (QED) is 0.651. The summed E-state index contributed by atoms with van der Waals surface area (Å²) in [5.74, 6) is -2.91. The summed E-state index contributed by atoms with van der Waals surface area (Å²) in [6, 6.07) is 2.29. The van der Waals surface area contributed by atoms with Gasteiger partial charge in [-0.3, -0.25) is 0 Å². The number of phenols is 1. The first-order valence-electron chi connectivity index (χ1n) is 10.1. The van der Waals surface area contributed by atoms with Crippen molar-refractivity contribution in [3.63, 3.8) is 0 Å². The molecule has 2 N–H and O–H groups in total. The topological polar surface area (TPSA) is 67.3 Å². The predicted octanol–water partition coefficient (Wildman–Crippen LogP) is 5.07. The van der Waals surface area contributed by atoms with Gasteiger partial charge >= 0.3 is 6.18 Å². The predicted molar refractivity (Wildman–Crippen MR) is 101 cm³/mol. The molecule has 2 heterocycles. The van der Waals surface area contributed by atoms with E-state index >= 15 is 0 Å². The Bertz CT molecular complexity index is 1040. The highest BCUT2D eigenvalue weighted by atomic mass is 19.4. The van der Waals surface area contributed by atoms with Gasteiger partial charge in [0.25, 0.3) is 0 Å². The van der Waals surface area contributed by atoms with E-state index in [0.29, 0.717) is 30.3 Å². The number of nitrogens with one attached hydrogen (secondary N) is 1. The lowest BCUT2D eigenvalue weighted by atomic mass is 9.93. The first-order chi connectivity index (χ1) is 14.6. The number of fused-ring (bicyclic) bond motifs is 1. The van der Waals surface area contributed by atoms with Gasteiger partial charge in [-0.25, -0.2) is 8.78 Å². The summed E-state index contributed by atoms with van der Waals surface area (Å²) in [5.41, 5.74) is 0.520. The second-order valence-corrected chi connectivity index (χ2v) is 8.67. The summed E-state index contributed by atoms with van der Waals surface area (Å²) in [7, 11) is 0. The second kappa shape index (κ2) is 6.75. The maximum absolute atomic E-state index is 13.6. The SMILES string of the molecule is Oc1cc(C(F)(F)F)ccc1-c1nnc(N[C@@H]2CCC(F)(F)C2)c2c1CC1(CC1)OC2. The van der Waals surface area contributed by atoms with Crippen molar-refractivity contribution >= 4 is 5.82 Å². The molecule has 1 aliphatic heterocycles. The molecule has 2 fully saturated rings. The van der Waals surface area contributed by atoms with Crippen LogP contribution in [0.4, 0.5) is 27.8 Å². The Kier molecular flexibility index (Phi) is 4.45. The molecule has 5 nitrogen and oxygen atoms in total. The average molecular weight is 441 g/mol. The summed E-state index contributed by atoms with van der Waals surface area (Å²) < 4.78 is 72.0. The van der Waals surface area contributed by atoms with Gasteiger partial charge in [-0.05, 0) is 43.0 Å². The highest BCUT2D eigenvalue weighted by molar-refractivity contribution is 5.73. The van der Waals surface area contributed by atoms with E-state index in [1.54, 1.807) is 0 Å². The van der Waals surface area contributed by atoms with Gasteiger partial charge in [0, 0.05) is 36.4 Å². The summed E-state index contributed by atoms with van der Waals surface area (Å²) in [6.07, 6.45) is -2.59. The minimum Gasteiger partial charge on any atom is -0.507 e. The minimum absolute atomic E-state index is 0.147. The van der Waals surface area contributed by atoms with Gasteiger partial charge in [0.2, 0.25) is 5.92 Å². The van der Waals surface area contributed by atoms with Crippen LogP contribution in [0.1, 0.15) is 48.8 Å². The molecule has 1 aromatic carbocycles. The number of alkyl halides is 5. The molecule has 5 rings (SSSR count). The molecule has 10 heteroatoms. The van der Waals surface area contributed by atoms with E-state index in [1.807, 2.05) is 0 Å². The van der Waals surface area contributed by atoms with E-state index in [4.69, 9.17) is 4.74 Å². The van der Waals surface area contributed by atoms with Gasteiger partial charge in [0.05, 0.1) is 17.8 Å². The standard InChI is InChI=1S/C21H20F5N3O2/c22-20(23)4-3-12(8-20)27-18-15-10-31-19(5-6-19)9-14(15)17(28-29-18)13-2-1-11(7-16(13)30)21(24,25)26/h1-2,7,12,30H,3-6,8-10H2,(H,27,29)/t12-/m1/s1. The van der Waals surface area contributed by atoms with E-state index in [9.17, 15) is 27.1 Å². The lowest BCUT2D eigenvalue weighted by molar-refractivity contribution is -0.137. The van der Waals surface area contributed by atoms with Crippen molar-refractivity contribution in [1.82, 2.24) is 10.2 Å². The van der Waals surface area contributed by atoms with Crippen LogP contribution < -0.4 is 5.32 Å². The third-order valence-electron chi connectivity index (χ3n) is 6.34. The number of rotatable bonds is 3. The van der Waals surface area contributed by atoms with E-state index in [1.165, 1.54) is 6.07 Å². The van der Waals surface area contributed by atoms with Crippen molar-refractivity contribution in [2.45, 2.75) is 68.9 Å². The Labute approximate surface area is 174 Å². The van der Waals surface area contributed by atoms with Crippen LogP contribution in [0.15, 0.2) is 18.2 Å². The number of halogens is 5. The molecular weight excluding hydrogens is 421 g/mol. The molecule has 0 bridgehead atoms. The van der Waals surface area contributed by atoms with Crippen LogP contribution in [0, 0.1) is 0 Å². The minimum atomic E-state index is -4.58. The van der Waals surface area contributed by atoms with Crippen molar-refractivity contribution in [3.05, 3.63) is 34.9 Å². The largest absolute Gasteiger partial charge is 0.507 e. The summed E-state index contributed by atoms with van der Waals surface area (Å²) in [4.78, 5) is 0. The highest BCUT2D eigenvalue weighted by Gasteiger charge is 2.48. The van der Waals surface area contributed by atoms with Crippen LogP contribution in [0.25, 0.3) is 11.3 Å². The van der Waals surface area contributed by atoms with E-state index in [0.717, 1.165) is 24.5 Å². The van der Waals surface area contributed by atoms with E-state index < -0.39 is 29.5 Å². The van der Waals surface area contributed by atoms with Gasteiger partial charge in [-0.2, -0.15) is 13.2 Å². The van der Waals surface area contributed by atoms with Gasteiger partial charge in [0.15, 0.2) is 5.82 Å². The maximum atomic E-state index is 13.6. The summed E-state index contributed by atoms with van der Waals surface area (Å²) in [6.45, 7) is 0.199. The monoisotopic (exact) mass is 441 g/mol. The zero-order valence-electron chi connectivity index (χ0n) is 16.4. The third-order valence-corrected chi connectivity index (χ3v) is 6.34.